The molecule has 4 heterocycles. The molecular weight excluding hydrogens is 320 g/mol. The number of rotatable bonds is 3. The van der Waals surface area contributed by atoms with Gasteiger partial charge in [-0.25, -0.2) is 9.97 Å². The highest BCUT2D eigenvalue weighted by molar-refractivity contribution is 7.10. The van der Waals surface area contributed by atoms with Crippen molar-refractivity contribution in [3.63, 3.8) is 0 Å². The lowest BCUT2D eigenvalue weighted by Crippen LogP contribution is -2.40. The van der Waals surface area contributed by atoms with Crippen molar-refractivity contribution in [2.75, 3.05) is 6.54 Å². The van der Waals surface area contributed by atoms with E-state index in [2.05, 4.69) is 4.98 Å². The van der Waals surface area contributed by atoms with Crippen LogP contribution in [0.15, 0.2) is 36.1 Å². The number of amides is 1. The average Bonchev–Trinajstić information content (AvgIpc) is 3.25. The molecule has 1 aliphatic heterocycles. The fraction of sp³-hybridized carbons (Fsp3) is 0.389. The highest BCUT2D eigenvalue weighted by Crippen LogP contribution is 2.31. The summed E-state index contributed by atoms with van der Waals surface area (Å²) in [5.74, 6) is 1.13. The summed E-state index contributed by atoms with van der Waals surface area (Å²) >= 11 is 1.64. The lowest BCUT2D eigenvalue weighted by atomic mass is 10.0. The molecule has 1 atom stereocenters. The van der Waals surface area contributed by atoms with Crippen LogP contribution in [-0.2, 0) is 11.2 Å². The van der Waals surface area contributed by atoms with Crippen molar-refractivity contribution >= 4 is 22.8 Å². The van der Waals surface area contributed by atoms with Crippen LogP contribution in [-0.4, -0.2) is 31.7 Å². The van der Waals surface area contributed by atoms with Gasteiger partial charge in [0.15, 0.2) is 0 Å². The molecule has 0 aliphatic carbocycles. The largest absolute Gasteiger partial charge is 0.332 e. The van der Waals surface area contributed by atoms with Crippen molar-refractivity contribution in [2.45, 2.75) is 38.6 Å². The van der Waals surface area contributed by atoms with Crippen LogP contribution in [0.3, 0.4) is 0 Å². The lowest BCUT2D eigenvalue weighted by molar-refractivity contribution is -0.134. The van der Waals surface area contributed by atoms with Crippen LogP contribution in [0.5, 0.6) is 0 Å². The van der Waals surface area contributed by atoms with E-state index in [-0.39, 0.29) is 11.9 Å². The molecule has 24 heavy (non-hydrogen) atoms. The molecule has 0 saturated carbocycles. The maximum atomic E-state index is 12.9. The van der Waals surface area contributed by atoms with Crippen LogP contribution in [0.2, 0.25) is 0 Å². The highest BCUT2D eigenvalue weighted by Gasteiger charge is 2.30. The third-order valence-corrected chi connectivity index (χ3v) is 5.46. The molecule has 1 saturated heterocycles. The van der Waals surface area contributed by atoms with Gasteiger partial charge in [-0.05, 0) is 43.7 Å². The molecule has 4 rings (SSSR count). The maximum absolute atomic E-state index is 12.9. The van der Waals surface area contributed by atoms with Crippen molar-refractivity contribution in [2.24, 2.45) is 0 Å². The summed E-state index contributed by atoms with van der Waals surface area (Å²) in [6.45, 7) is 2.80. The number of thiophene rings is 1. The van der Waals surface area contributed by atoms with Gasteiger partial charge in [0.25, 0.3) is 0 Å². The minimum absolute atomic E-state index is 0.0304. The van der Waals surface area contributed by atoms with Crippen molar-refractivity contribution in [3.05, 3.63) is 52.5 Å². The van der Waals surface area contributed by atoms with E-state index in [0.717, 1.165) is 47.7 Å². The summed E-state index contributed by atoms with van der Waals surface area (Å²) in [5.41, 5.74) is 2.00. The van der Waals surface area contributed by atoms with Gasteiger partial charge in [-0.3, -0.25) is 9.20 Å². The van der Waals surface area contributed by atoms with Crippen LogP contribution in [0.4, 0.5) is 0 Å². The van der Waals surface area contributed by atoms with Crippen LogP contribution in [0.1, 0.15) is 41.7 Å². The lowest BCUT2D eigenvalue weighted by Gasteiger charge is -2.35. The van der Waals surface area contributed by atoms with E-state index in [9.17, 15) is 4.79 Å². The minimum Gasteiger partial charge on any atom is -0.332 e. The second-order valence-corrected chi connectivity index (χ2v) is 7.33. The summed E-state index contributed by atoms with van der Waals surface area (Å²) in [6.07, 6.45) is 7.27. The van der Waals surface area contributed by atoms with E-state index in [1.807, 2.05) is 46.0 Å². The topological polar surface area (TPSA) is 50.5 Å². The van der Waals surface area contributed by atoms with Gasteiger partial charge in [0.1, 0.15) is 12.2 Å². The Labute approximate surface area is 145 Å². The smallest absolute Gasteiger partial charge is 0.228 e. The molecule has 1 fully saturated rings. The molecule has 0 N–H and O–H groups in total. The molecule has 5 nitrogen and oxygen atoms in total. The Morgan fingerprint density at radius 3 is 3.17 bits per heavy atom. The van der Waals surface area contributed by atoms with Gasteiger partial charge in [-0.1, -0.05) is 6.07 Å². The predicted molar refractivity (Wildman–Crippen MR) is 94.1 cm³/mol. The minimum atomic E-state index is 0.0304. The third-order valence-electron chi connectivity index (χ3n) is 4.59. The first-order valence-corrected chi connectivity index (χ1v) is 9.22. The zero-order valence-corrected chi connectivity index (χ0v) is 14.5. The number of carbonyl (C=O) groups is 1. The second-order valence-electron chi connectivity index (χ2n) is 6.30. The van der Waals surface area contributed by atoms with Crippen molar-refractivity contribution in [1.82, 2.24) is 19.3 Å². The van der Waals surface area contributed by atoms with Crippen molar-refractivity contribution < 1.29 is 4.79 Å². The fourth-order valence-corrected chi connectivity index (χ4v) is 4.18. The van der Waals surface area contributed by atoms with Gasteiger partial charge in [0, 0.05) is 17.1 Å². The van der Waals surface area contributed by atoms with Crippen LogP contribution >= 0.6 is 11.3 Å². The van der Waals surface area contributed by atoms with Gasteiger partial charge < -0.3 is 4.90 Å². The number of nitrogens with zero attached hydrogens (tertiary/aromatic N) is 4. The molecule has 1 amide bonds. The summed E-state index contributed by atoms with van der Waals surface area (Å²) in [7, 11) is 0. The Morgan fingerprint density at radius 2 is 2.33 bits per heavy atom. The molecule has 3 aromatic heterocycles. The van der Waals surface area contributed by atoms with Crippen LogP contribution in [0.25, 0.3) is 5.52 Å². The number of fused-ring (bicyclic) bond motifs is 1. The highest BCUT2D eigenvalue weighted by atomic mass is 32.1. The first-order valence-electron chi connectivity index (χ1n) is 8.34. The number of imidazole rings is 1. The Kier molecular flexibility index (Phi) is 4.06. The Bertz CT molecular complexity index is 855. The standard InChI is InChI=1S/C18H20N4OS/c1-13-9-14-11-19-12-22(14)18(20-13)16-6-2-3-7-21(16)17(23)10-15-5-4-8-24-15/h4-5,8-9,11-12,16H,2-3,6-7,10H2,1H3/t16-/m1/s1. The molecule has 0 unspecified atom stereocenters. The molecule has 0 spiro atoms. The zero-order valence-electron chi connectivity index (χ0n) is 13.7. The first kappa shape index (κ1) is 15.3. The zero-order chi connectivity index (χ0) is 16.5. The molecule has 0 aromatic carbocycles. The SMILES string of the molecule is Cc1cc2cncn2c([C@H]2CCCCN2C(=O)Cc2cccs2)n1. The molecule has 6 heteroatoms. The molecule has 1 aliphatic rings. The predicted octanol–water partition coefficient (Wildman–Crippen LogP) is 3.40. The number of carbonyl (C=O) groups excluding carboxylic acids is 1. The summed E-state index contributed by atoms with van der Waals surface area (Å²) < 4.78 is 2.02. The van der Waals surface area contributed by atoms with E-state index >= 15 is 0 Å². The van der Waals surface area contributed by atoms with E-state index in [0.29, 0.717) is 6.42 Å². The van der Waals surface area contributed by atoms with Crippen molar-refractivity contribution in [3.8, 4) is 0 Å². The van der Waals surface area contributed by atoms with Crippen LogP contribution in [0, 0.1) is 6.92 Å². The Balaban J connectivity index is 1.68. The number of aromatic nitrogens is 3. The van der Waals surface area contributed by atoms with Gasteiger partial charge >= 0.3 is 0 Å². The van der Waals surface area contributed by atoms with E-state index in [4.69, 9.17) is 4.98 Å². The summed E-state index contributed by atoms with van der Waals surface area (Å²) in [4.78, 5) is 25.0. The molecule has 0 bridgehead atoms. The third kappa shape index (κ3) is 2.82. The van der Waals surface area contributed by atoms with Crippen LogP contribution < -0.4 is 0 Å². The number of piperidine rings is 1. The van der Waals surface area contributed by atoms with E-state index in [1.165, 1.54) is 0 Å². The van der Waals surface area contributed by atoms with E-state index < -0.39 is 0 Å². The fourth-order valence-electron chi connectivity index (χ4n) is 3.48. The summed E-state index contributed by atoms with van der Waals surface area (Å²) in [6, 6.07) is 6.08. The number of hydrogen-bond donors (Lipinski definition) is 0. The molecule has 3 aromatic rings. The summed E-state index contributed by atoms with van der Waals surface area (Å²) in [5, 5.41) is 2.02. The number of aryl methyl sites for hydroxylation is 1. The quantitative estimate of drug-likeness (QED) is 0.734. The normalized spacial score (nSPS) is 18.2. The average molecular weight is 340 g/mol. The second kappa shape index (κ2) is 6.36. The molecule has 124 valence electrons. The molecule has 0 radical (unpaired) electrons. The monoisotopic (exact) mass is 340 g/mol. The first-order chi connectivity index (χ1) is 11.7. The molecular formula is C18H20N4OS. The number of likely N-dealkylation sites (tertiary alicyclic amines) is 1. The van der Waals surface area contributed by atoms with Crippen molar-refractivity contribution in [1.29, 1.82) is 0 Å². The maximum Gasteiger partial charge on any atom is 0.228 e. The Hall–Kier alpha value is -2.21. The van der Waals surface area contributed by atoms with Gasteiger partial charge in [0.05, 0.1) is 24.2 Å². The number of hydrogen-bond acceptors (Lipinski definition) is 4. The van der Waals surface area contributed by atoms with Gasteiger partial charge in [-0.2, -0.15) is 0 Å². The van der Waals surface area contributed by atoms with Gasteiger partial charge in [0.2, 0.25) is 5.91 Å². The van der Waals surface area contributed by atoms with E-state index in [1.54, 1.807) is 17.7 Å². The van der Waals surface area contributed by atoms with Gasteiger partial charge in [-0.15, -0.1) is 11.3 Å². The Morgan fingerprint density at radius 1 is 1.42 bits per heavy atom.